The predicted octanol–water partition coefficient (Wildman–Crippen LogP) is 3.49. The second-order valence-corrected chi connectivity index (χ2v) is 6.00. The molecule has 0 aliphatic heterocycles. The van der Waals surface area contributed by atoms with Gasteiger partial charge in [0.05, 0.1) is 11.8 Å². The molecule has 0 amide bonds. The summed E-state index contributed by atoms with van der Waals surface area (Å²) < 4.78 is 6.35. The van der Waals surface area contributed by atoms with Crippen molar-refractivity contribution in [3.63, 3.8) is 0 Å². The largest absolute Gasteiger partial charge is 0.479 e. The lowest BCUT2D eigenvalue weighted by molar-refractivity contribution is 0.402. The lowest BCUT2D eigenvalue weighted by Crippen LogP contribution is -2.01. The zero-order chi connectivity index (χ0) is 13.4. The average molecular weight is 275 g/mol. The smallest absolute Gasteiger partial charge is 0.241 e. The summed E-state index contributed by atoms with van der Waals surface area (Å²) in [4.78, 5) is 8.70. The molecule has 2 heterocycles. The number of nitrogens with two attached hydrogens (primary N) is 1. The molecule has 0 saturated carbocycles. The molecule has 1 aliphatic carbocycles. The zero-order valence-electron chi connectivity index (χ0n) is 11.1. The third kappa shape index (κ3) is 2.18. The fourth-order valence-electron chi connectivity index (χ4n) is 2.63. The normalized spacial score (nSPS) is 19.5. The summed E-state index contributed by atoms with van der Waals surface area (Å²) in [5.41, 5.74) is 9.15. The molecule has 0 bridgehead atoms. The number of pyridine rings is 1. The van der Waals surface area contributed by atoms with Crippen LogP contribution in [0.2, 0.25) is 0 Å². The number of ether oxygens (including phenoxy) is 1. The van der Waals surface area contributed by atoms with Crippen molar-refractivity contribution in [2.75, 3.05) is 12.8 Å². The highest BCUT2D eigenvalue weighted by Crippen LogP contribution is 2.38. The molecule has 0 spiro atoms. The quantitative estimate of drug-likeness (QED) is 0.911. The molecule has 2 aromatic heterocycles. The maximum atomic E-state index is 5.84. The van der Waals surface area contributed by atoms with Gasteiger partial charge in [0.2, 0.25) is 5.88 Å². The Morgan fingerprint density at radius 1 is 1.47 bits per heavy atom. The van der Waals surface area contributed by atoms with Crippen LogP contribution in [0.5, 0.6) is 5.88 Å². The fourth-order valence-corrected chi connectivity index (χ4v) is 3.50. The van der Waals surface area contributed by atoms with Crippen LogP contribution in [0.1, 0.15) is 31.7 Å². The van der Waals surface area contributed by atoms with E-state index in [0.717, 1.165) is 22.2 Å². The van der Waals surface area contributed by atoms with Gasteiger partial charge in [-0.05, 0) is 30.8 Å². The number of aromatic nitrogens is 2. The highest BCUT2D eigenvalue weighted by Gasteiger charge is 2.18. The molecule has 5 heteroatoms. The summed E-state index contributed by atoms with van der Waals surface area (Å²) in [5, 5.41) is 0.562. The predicted molar refractivity (Wildman–Crippen MR) is 79.4 cm³/mol. The van der Waals surface area contributed by atoms with Crippen molar-refractivity contribution in [3.8, 4) is 5.88 Å². The van der Waals surface area contributed by atoms with Gasteiger partial charge in [-0.2, -0.15) is 0 Å². The van der Waals surface area contributed by atoms with Crippen LogP contribution in [0.3, 0.4) is 0 Å². The van der Waals surface area contributed by atoms with Crippen LogP contribution in [0, 0.1) is 5.92 Å². The van der Waals surface area contributed by atoms with E-state index in [0.29, 0.717) is 16.9 Å². The molecule has 0 unspecified atom stereocenters. The van der Waals surface area contributed by atoms with E-state index in [1.807, 2.05) is 6.20 Å². The summed E-state index contributed by atoms with van der Waals surface area (Å²) in [6.45, 7) is 2.26. The van der Waals surface area contributed by atoms with E-state index >= 15 is 0 Å². The van der Waals surface area contributed by atoms with Crippen LogP contribution < -0.4 is 10.5 Å². The SMILES string of the molecule is COc1ncc(C2=C[C@H](C)CCC2)c2sc(N)nc12. The first-order valence-electron chi connectivity index (χ1n) is 6.49. The molecule has 0 radical (unpaired) electrons. The molecule has 4 nitrogen and oxygen atoms in total. The van der Waals surface area contributed by atoms with E-state index in [1.54, 1.807) is 7.11 Å². The van der Waals surface area contributed by atoms with Crippen molar-refractivity contribution in [2.24, 2.45) is 5.92 Å². The summed E-state index contributed by atoms with van der Waals surface area (Å²) >= 11 is 1.51. The number of hydrogen-bond acceptors (Lipinski definition) is 5. The Bertz CT molecular complexity index is 647. The Hall–Kier alpha value is -1.62. The zero-order valence-corrected chi connectivity index (χ0v) is 12.0. The van der Waals surface area contributed by atoms with E-state index in [9.17, 15) is 0 Å². The molecule has 19 heavy (non-hydrogen) atoms. The van der Waals surface area contributed by atoms with Gasteiger partial charge in [-0.3, -0.25) is 0 Å². The summed E-state index contributed by atoms with van der Waals surface area (Å²) in [6, 6.07) is 0. The number of anilines is 1. The Kier molecular flexibility index (Phi) is 3.14. The summed E-state index contributed by atoms with van der Waals surface area (Å²) in [7, 11) is 1.61. The second-order valence-electron chi connectivity index (χ2n) is 4.97. The molecule has 1 aliphatic rings. The van der Waals surface area contributed by atoms with E-state index in [-0.39, 0.29) is 0 Å². The van der Waals surface area contributed by atoms with E-state index in [2.05, 4.69) is 23.0 Å². The maximum absolute atomic E-state index is 5.84. The standard InChI is InChI=1S/C14H17N3OS/c1-8-4-3-5-9(6-8)10-7-16-13(18-2)11-12(10)19-14(15)17-11/h6-8H,3-5H2,1-2H3,(H2,15,17)/t8-/m1/s1. The van der Waals surface area contributed by atoms with E-state index in [1.165, 1.54) is 29.8 Å². The van der Waals surface area contributed by atoms with Gasteiger partial charge in [-0.25, -0.2) is 9.97 Å². The number of nitrogens with zero attached hydrogens (tertiary/aromatic N) is 2. The van der Waals surface area contributed by atoms with Crippen LogP contribution in [0.25, 0.3) is 15.8 Å². The second kappa shape index (κ2) is 4.81. The first kappa shape index (κ1) is 12.4. The van der Waals surface area contributed by atoms with E-state index in [4.69, 9.17) is 10.5 Å². The minimum absolute atomic E-state index is 0.552. The number of methoxy groups -OCH3 is 1. The van der Waals surface area contributed by atoms with Crippen LogP contribution >= 0.6 is 11.3 Å². The Morgan fingerprint density at radius 3 is 3.05 bits per heavy atom. The molecule has 1 atom stereocenters. The van der Waals surface area contributed by atoms with E-state index < -0.39 is 0 Å². The number of hydrogen-bond donors (Lipinski definition) is 1. The summed E-state index contributed by atoms with van der Waals surface area (Å²) in [5.74, 6) is 1.18. The number of rotatable bonds is 2. The number of allylic oxidation sites excluding steroid dienone is 2. The van der Waals surface area contributed by atoms with Gasteiger partial charge in [0.1, 0.15) is 5.52 Å². The molecule has 0 aromatic carbocycles. The lowest BCUT2D eigenvalue weighted by atomic mass is 9.89. The monoisotopic (exact) mass is 275 g/mol. The van der Waals surface area contributed by atoms with Gasteiger partial charge >= 0.3 is 0 Å². The van der Waals surface area contributed by atoms with Crippen molar-refractivity contribution in [1.82, 2.24) is 9.97 Å². The van der Waals surface area contributed by atoms with Crippen LogP contribution in [0.15, 0.2) is 12.3 Å². The minimum atomic E-state index is 0.552. The molecule has 100 valence electrons. The topological polar surface area (TPSA) is 61.0 Å². The van der Waals surface area contributed by atoms with Crippen molar-refractivity contribution < 1.29 is 4.74 Å². The van der Waals surface area contributed by atoms with Gasteiger partial charge in [0, 0.05) is 11.8 Å². The lowest BCUT2D eigenvalue weighted by Gasteiger charge is -2.18. The molecule has 0 saturated heterocycles. The van der Waals surface area contributed by atoms with Gasteiger partial charge < -0.3 is 10.5 Å². The Morgan fingerprint density at radius 2 is 2.32 bits per heavy atom. The number of thiazole rings is 1. The summed E-state index contributed by atoms with van der Waals surface area (Å²) in [6.07, 6.45) is 7.84. The minimum Gasteiger partial charge on any atom is -0.479 e. The van der Waals surface area contributed by atoms with Crippen molar-refractivity contribution in [2.45, 2.75) is 26.2 Å². The highest BCUT2D eigenvalue weighted by molar-refractivity contribution is 7.22. The van der Waals surface area contributed by atoms with Gasteiger partial charge in [0.15, 0.2) is 5.13 Å². The van der Waals surface area contributed by atoms with Gasteiger partial charge in [-0.15, -0.1) is 0 Å². The number of fused-ring (bicyclic) bond motifs is 1. The maximum Gasteiger partial charge on any atom is 0.241 e. The first-order chi connectivity index (χ1) is 9.19. The van der Waals surface area contributed by atoms with Crippen LogP contribution in [0.4, 0.5) is 5.13 Å². The third-order valence-corrected chi connectivity index (χ3v) is 4.45. The molecular formula is C14H17N3OS. The fraction of sp³-hybridized carbons (Fsp3) is 0.429. The van der Waals surface area contributed by atoms with Crippen molar-refractivity contribution >= 4 is 32.3 Å². The van der Waals surface area contributed by atoms with Gasteiger partial charge in [-0.1, -0.05) is 24.3 Å². The molecule has 2 N–H and O–H groups in total. The average Bonchev–Trinajstić information content (AvgIpc) is 2.78. The third-order valence-electron chi connectivity index (χ3n) is 3.53. The van der Waals surface area contributed by atoms with Crippen LogP contribution in [-0.2, 0) is 0 Å². The van der Waals surface area contributed by atoms with Crippen LogP contribution in [-0.4, -0.2) is 17.1 Å². The van der Waals surface area contributed by atoms with Gasteiger partial charge in [0.25, 0.3) is 0 Å². The van der Waals surface area contributed by atoms with Crippen molar-refractivity contribution in [1.29, 1.82) is 0 Å². The first-order valence-corrected chi connectivity index (χ1v) is 7.30. The number of nitrogen functional groups attached to an aromatic ring is 1. The molecular weight excluding hydrogens is 258 g/mol. The molecule has 3 rings (SSSR count). The molecule has 2 aromatic rings. The van der Waals surface area contributed by atoms with Crippen molar-refractivity contribution in [3.05, 3.63) is 17.8 Å². The molecule has 0 fully saturated rings. The Labute approximate surface area is 116 Å². The highest BCUT2D eigenvalue weighted by atomic mass is 32.1. The Balaban J connectivity index is 2.19.